The Morgan fingerprint density at radius 2 is 1.93 bits per heavy atom. The Kier molecular flexibility index (Phi) is 3.94. The molecule has 0 spiro atoms. The van der Waals surface area contributed by atoms with Crippen LogP contribution in [-0.4, -0.2) is 29.4 Å². The summed E-state index contributed by atoms with van der Waals surface area (Å²) in [5, 5.41) is 17.4. The van der Waals surface area contributed by atoms with Gasteiger partial charge in [-0.2, -0.15) is 0 Å². The van der Waals surface area contributed by atoms with Crippen molar-refractivity contribution in [1.82, 2.24) is 0 Å². The van der Waals surface area contributed by atoms with E-state index >= 15 is 0 Å². The monoisotopic (exact) mass is 196 g/mol. The van der Waals surface area contributed by atoms with E-state index in [1.54, 1.807) is 12.1 Å². The second-order valence-electron chi connectivity index (χ2n) is 2.79. The summed E-state index contributed by atoms with van der Waals surface area (Å²) in [7, 11) is 0. The molecule has 0 aliphatic carbocycles. The maximum Gasteiger partial charge on any atom is 0.310 e. The predicted molar refractivity (Wildman–Crippen MR) is 49.9 cm³/mol. The third-order valence-corrected chi connectivity index (χ3v) is 1.64. The lowest BCUT2D eigenvalue weighted by Crippen LogP contribution is -2.10. The van der Waals surface area contributed by atoms with E-state index in [4.69, 9.17) is 10.2 Å². The molecule has 1 aromatic rings. The SMILES string of the molecule is O=C(Cc1ccc(O)cc1)OCCO. The van der Waals surface area contributed by atoms with Crippen LogP contribution in [0.1, 0.15) is 5.56 Å². The Morgan fingerprint density at radius 1 is 1.29 bits per heavy atom. The van der Waals surface area contributed by atoms with Gasteiger partial charge in [-0.15, -0.1) is 0 Å². The number of carbonyl (C=O) groups excluding carboxylic acids is 1. The van der Waals surface area contributed by atoms with Gasteiger partial charge in [0.2, 0.25) is 0 Å². The van der Waals surface area contributed by atoms with Crippen molar-refractivity contribution in [3.05, 3.63) is 29.8 Å². The lowest BCUT2D eigenvalue weighted by molar-refractivity contribution is -0.143. The van der Waals surface area contributed by atoms with E-state index in [0.717, 1.165) is 5.56 Å². The first-order valence-corrected chi connectivity index (χ1v) is 4.27. The molecule has 76 valence electrons. The van der Waals surface area contributed by atoms with E-state index < -0.39 is 0 Å². The first kappa shape index (κ1) is 10.5. The van der Waals surface area contributed by atoms with Gasteiger partial charge >= 0.3 is 5.97 Å². The summed E-state index contributed by atoms with van der Waals surface area (Å²) >= 11 is 0. The van der Waals surface area contributed by atoms with Crippen LogP contribution < -0.4 is 0 Å². The van der Waals surface area contributed by atoms with Gasteiger partial charge in [0.1, 0.15) is 12.4 Å². The standard InChI is InChI=1S/C10H12O4/c11-5-6-14-10(13)7-8-1-3-9(12)4-2-8/h1-4,11-12H,5-7H2. The third kappa shape index (κ3) is 3.45. The third-order valence-electron chi connectivity index (χ3n) is 1.64. The molecule has 0 aromatic heterocycles. The number of hydrogen-bond donors (Lipinski definition) is 2. The van der Waals surface area contributed by atoms with Gasteiger partial charge in [0.25, 0.3) is 0 Å². The highest BCUT2D eigenvalue weighted by Gasteiger charge is 2.03. The number of ether oxygens (including phenoxy) is 1. The Hall–Kier alpha value is -1.55. The summed E-state index contributed by atoms with van der Waals surface area (Å²) in [6.45, 7) is -0.141. The zero-order valence-electron chi connectivity index (χ0n) is 7.64. The average Bonchev–Trinajstić information content (AvgIpc) is 2.18. The van der Waals surface area contributed by atoms with E-state index in [-0.39, 0.29) is 31.4 Å². The summed E-state index contributed by atoms with van der Waals surface area (Å²) < 4.78 is 4.67. The lowest BCUT2D eigenvalue weighted by atomic mass is 10.1. The number of phenolic OH excluding ortho intramolecular Hbond substituents is 1. The minimum atomic E-state index is -0.385. The summed E-state index contributed by atoms with van der Waals surface area (Å²) in [5.41, 5.74) is 0.769. The summed E-state index contributed by atoms with van der Waals surface area (Å²) in [6.07, 6.45) is 0.153. The highest BCUT2D eigenvalue weighted by atomic mass is 16.5. The second kappa shape index (κ2) is 5.24. The Morgan fingerprint density at radius 3 is 2.50 bits per heavy atom. The topological polar surface area (TPSA) is 66.8 Å². The average molecular weight is 196 g/mol. The van der Waals surface area contributed by atoms with Crippen LogP contribution in [0.4, 0.5) is 0 Å². The van der Waals surface area contributed by atoms with Gasteiger partial charge in [0.05, 0.1) is 13.0 Å². The number of aliphatic hydroxyl groups excluding tert-OH is 1. The lowest BCUT2D eigenvalue weighted by Gasteiger charge is -2.02. The molecule has 1 rings (SSSR count). The molecule has 0 saturated heterocycles. The van der Waals surface area contributed by atoms with Crippen molar-refractivity contribution in [2.24, 2.45) is 0 Å². The van der Waals surface area contributed by atoms with Crippen LogP contribution >= 0.6 is 0 Å². The molecule has 0 heterocycles. The van der Waals surface area contributed by atoms with Crippen molar-refractivity contribution >= 4 is 5.97 Å². The van der Waals surface area contributed by atoms with Crippen molar-refractivity contribution in [1.29, 1.82) is 0 Å². The maximum absolute atomic E-state index is 11.1. The number of aromatic hydroxyl groups is 1. The van der Waals surface area contributed by atoms with Gasteiger partial charge in [-0.05, 0) is 17.7 Å². The largest absolute Gasteiger partial charge is 0.508 e. The van der Waals surface area contributed by atoms with Crippen LogP contribution in [0.5, 0.6) is 5.75 Å². The van der Waals surface area contributed by atoms with E-state index in [0.29, 0.717) is 0 Å². The second-order valence-corrected chi connectivity index (χ2v) is 2.79. The van der Waals surface area contributed by atoms with Crippen LogP contribution in [0.3, 0.4) is 0 Å². The van der Waals surface area contributed by atoms with Gasteiger partial charge in [0.15, 0.2) is 0 Å². The molecular weight excluding hydrogens is 184 g/mol. The Bertz CT molecular complexity index is 291. The van der Waals surface area contributed by atoms with E-state index in [9.17, 15) is 4.79 Å². The molecule has 0 unspecified atom stereocenters. The predicted octanol–water partition coefficient (Wildman–Crippen LogP) is 0.470. The molecule has 1 aromatic carbocycles. The van der Waals surface area contributed by atoms with Gasteiger partial charge in [0, 0.05) is 0 Å². The number of phenols is 1. The molecule has 0 bridgehead atoms. The molecule has 4 heteroatoms. The van der Waals surface area contributed by atoms with E-state index in [2.05, 4.69) is 4.74 Å². The number of rotatable bonds is 4. The summed E-state index contributed by atoms with van der Waals surface area (Å²) in [5.74, 6) is -0.220. The van der Waals surface area contributed by atoms with Crippen LogP contribution in [0.15, 0.2) is 24.3 Å². The number of carbonyl (C=O) groups is 1. The zero-order valence-corrected chi connectivity index (χ0v) is 7.64. The fraction of sp³-hybridized carbons (Fsp3) is 0.300. The zero-order chi connectivity index (χ0) is 10.4. The van der Waals surface area contributed by atoms with Crippen molar-refractivity contribution in [3.8, 4) is 5.75 Å². The molecule has 14 heavy (non-hydrogen) atoms. The van der Waals surface area contributed by atoms with Crippen molar-refractivity contribution in [2.45, 2.75) is 6.42 Å². The molecule has 4 nitrogen and oxygen atoms in total. The fourth-order valence-electron chi connectivity index (χ4n) is 0.991. The van der Waals surface area contributed by atoms with Crippen LogP contribution in [0.2, 0.25) is 0 Å². The smallest absolute Gasteiger partial charge is 0.310 e. The first-order chi connectivity index (χ1) is 6.72. The first-order valence-electron chi connectivity index (χ1n) is 4.27. The normalized spacial score (nSPS) is 9.79. The summed E-state index contributed by atoms with van der Waals surface area (Å²) in [6, 6.07) is 6.31. The van der Waals surface area contributed by atoms with Gasteiger partial charge in [-0.1, -0.05) is 12.1 Å². The highest BCUT2D eigenvalue weighted by Crippen LogP contribution is 2.10. The molecule has 0 atom stereocenters. The Labute approximate surface area is 81.8 Å². The van der Waals surface area contributed by atoms with Crippen molar-refractivity contribution in [3.63, 3.8) is 0 Å². The van der Waals surface area contributed by atoms with Crippen molar-refractivity contribution in [2.75, 3.05) is 13.2 Å². The molecule has 0 fully saturated rings. The maximum atomic E-state index is 11.1. The molecule has 0 aliphatic heterocycles. The van der Waals surface area contributed by atoms with Crippen LogP contribution in [0, 0.1) is 0 Å². The number of hydrogen-bond acceptors (Lipinski definition) is 4. The summed E-state index contributed by atoms with van der Waals surface area (Å²) in [4.78, 5) is 11.1. The molecule has 0 saturated carbocycles. The number of esters is 1. The molecule has 0 radical (unpaired) electrons. The minimum Gasteiger partial charge on any atom is -0.508 e. The van der Waals surface area contributed by atoms with Gasteiger partial charge < -0.3 is 14.9 Å². The number of aliphatic hydroxyl groups is 1. The minimum absolute atomic E-state index is 0.0247. The highest BCUT2D eigenvalue weighted by molar-refractivity contribution is 5.72. The van der Waals surface area contributed by atoms with Crippen molar-refractivity contribution < 1.29 is 19.7 Å². The Balaban J connectivity index is 2.44. The molecule has 0 aliphatic rings. The van der Waals surface area contributed by atoms with E-state index in [1.807, 2.05) is 0 Å². The van der Waals surface area contributed by atoms with Gasteiger partial charge in [-0.3, -0.25) is 4.79 Å². The van der Waals surface area contributed by atoms with Crippen LogP contribution in [0.25, 0.3) is 0 Å². The molecule has 0 amide bonds. The molecule has 2 N–H and O–H groups in total. The van der Waals surface area contributed by atoms with Crippen LogP contribution in [-0.2, 0) is 16.0 Å². The fourth-order valence-corrected chi connectivity index (χ4v) is 0.991. The van der Waals surface area contributed by atoms with E-state index in [1.165, 1.54) is 12.1 Å². The quantitative estimate of drug-likeness (QED) is 0.687. The van der Waals surface area contributed by atoms with Gasteiger partial charge in [-0.25, -0.2) is 0 Å². The molecular formula is C10H12O4. The number of benzene rings is 1.